The van der Waals surface area contributed by atoms with Gasteiger partial charge in [0.25, 0.3) is 0 Å². The van der Waals surface area contributed by atoms with Gasteiger partial charge < -0.3 is 31.9 Å². The van der Waals surface area contributed by atoms with Crippen molar-refractivity contribution >= 4 is 56.7 Å². The largest absolute Gasteiger partial charge is 0.476 e. The van der Waals surface area contributed by atoms with Crippen LogP contribution in [0.2, 0.25) is 0 Å². The van der Waals surface area contributed by atoms with Crippen LogP contribution >= 0.6 is 22.7 Å². The highest BCUT2D eigenvalue weighted by Gasteiger charge is 2.18. The van der Waals surface area contributed by atoms with Crippen LogP contribution < -0.4 is 22.1 Å². The molecule has 12 nitrogen and oxygen atoms in total. The average molecular weight is 615 g/mol. The zero-order valence-electron chi connectivity index (χ0n) is 22.2. The van der Waals surface area contributed by atoms with Crippen molar-refractivity contribution in [2.24, 2.45) is 11.5 Å². The van der Waals surface area contributed by atoms with E-state index >= 15 is 0 Å². The summed E-state index contributed by atoms with van der Waals surface area (Å²) >= 11 is 2.14. The minimum absolute atomic E-state index is 0.0954. The Morgan fingerprint density at radius 1 is 0.857 bits per heavy atom. The molecule has 15 heteroatoms. The molecule has 4 rings (SSSR count). The molecule has 0 radical (unpaired) electrons. The van der Waals surface area contributed by atoms with E-state index < -0.39 is 29.9 Å². The maximum atomic E-state index is 13.1. The molecule has 2 atom stereocenters. The van der Waals surface area contributed by atoms with Crippen LogP contribution in [0.15, 0.2) is 65.4 Å². The molecule has 0 aliphatic rings. The average Bonchev–Trinajstić information content (AvgIpc) is 3.63. The number of carbonyl (C=O) groups is 4. The third-order valence-electron chi connectivity index (χ3n) is 5.40. The number of esters is 1. The molecule has 0 saturated heterocycles. The Labute approximate surface area is 247 Å². The predicted molar refractivity (Wildman–Crippen MR) is 156 cm³/mol. The lowest BCUT2D eigenvalue weighted by Gasteiger charge is -2.10. The number of rotatable bonds is 10. The van der Waals surface area contributed by atoms with Crippen molar-refractivity contribution in [3.8, 4) is 0 Å². The van der Waals surface area contributed by atoms with Crippen molar-refractivity contribution in [3.05, 3.63) is 93.7 Å². The Hall–Kier alpha value is -4.57. The molecule has 7 N–H and O–H groups in total. The van der Waals surface area contributed by atoms with E-state index in [0.717, 1.165) is 28.2 Å². The number of thiazole rings is 2. The van der Waals surface area contributed by atoms with Gasteiger partial charge in [0.05, 0.1) is 19.2 Å². The molecule has 0 unspecified atom stereocenters. The van der Waals surface area contributed by atoms with Crippen molar-refractivity contribution in [1.29, 1.82) is 0 Å². The summed E-state index contributed by atoms with van der Waals surface area (Å²) in [7, 11) is 1.24. The van der Waals surface area contributed by atoms with Crippen LogP contribution in [0.4, 0.5) is 14.7 Å². The number of carbonyl (C=O) groups excluding carboxylic acids is 3. The number of aromatic nitrogens is 2. The lowest BCUT2D eigenvalue weighted by molar-refractivity contribution is -0.118. The number of ether oxygens (including phenoxy) is 1. The van der Waals surface area contributed by atoms with Gasteiger partial charge in [-0.3, -0.25) is 9.59 Å². The number of aromatic carboxylic acids is 1. The molecule has 2 heterocycles. The number of carboxylic acid groups (broad SMARTS) is 1. The fourth-order valence-corrected chi connectivity index (χ4v) is 4.70. The molecule has 220 valence electrons. The molecule has 42 heavy (non-hydrogen) atoms. The molecular weight excluding hydrogens is 587 g/mol. The van der Waals surface area contributed by atoms with Gasteiger partial charge in [0.2, 0.25) is 11.8 Å². The van der Waals surface area contributed by atoms with Crippen LogP contribution in [-0.2, 0) is 27.2 Å². The Balaban J connectivity index is 0.000000231. The molecule has 2 aromatic heterocycles. The van der Waals surface area contributed by atoms with Crippen LogP contribution in [0.3, 0.4) is 0 Å². The van der Waals surface area contributed by atoms with Gasteiger partial charge in [0, 0.05) is 10.8 Å². The summed E-state index contributed by atoms with van der Waals surface area (Å²) in [5, 5.41) is 17.1. The number of nitrogens with zero attached hydrogens (tertiary/aromatic N) is 2. The molecule has 0 saturated carbocycles. The Morgan fingerprint density at radius 3 is 1.90 bits per heavy atom. The summed E-state index contributed by atoms with van der Waals surface area (Å²) in [6, 6.07) is 13.7. The van der Waals surface area contributed by atoms with Gasteiger partial charge in [-0.1, -0.05) is 42.5 Å². The predicted octanol–water partition coefficient (Wildman–Crippen LogP) is 2.93. The van der Waals surface area contributed by atoms with E-state index in [0.29, 0.717) is 12.0 Å². The highest BCUT2D eigenvalue weighted by Crippen LogP contribution is 2.17. The first-order chi connectivity index (χ1) is 20.0. The number of halogens is 1. The Bertz CT molecular complexity index is 1530. The molecular formula is C27H27FN6O6S2. The Morgan fingerprint density at radius 2 is 1.38 bits per heavy atom. The minimum Gasteiger partial charge on any atom is -0.476 e. The zero-order valence-corrected chi connectivity index (χ0v) is 23.8. The van der Waals surface area contributed by atoms with Crippen LogP contribution in [-0.4, -0.2) is 58.0 Å². The first kappa shape index (κ1) is 32.0. The summed E-state index contributed by atoms with van der Waals surface area (Å²) in [6.07, 6.45) is 0.600. The molecule has 2 amide bonds. The summed E-state index contributed by atoms with van der Waals surface area (Å²) in [4.78, 5) is 53.5. The van der Waals surface area contributed by atoms with Crippen molar-refractivity contribution in [2.75, 3.05) is 17.7 Å². The summed E-state index contributed by atoms with van der Waals surface area (Å²) in [6.45, 7) is 0. The van der Waals surface area contributed by atoms with E-state index in [1.807, 2.05) is 30.3 Å². The second-order valence-electron chi connectivity index (χ2n) is 8.59. The quantitative estimate of drug-likeness (QED) is 0.165. The van der Waals surface area contributed by atoms with Crippen LogP contribution in [0.25, 0.3) is 0 Å². The number of nitrogens with one attached hydrogen (secondary N) is 2. The first-order valence-electron chi connectivity index (χ1n) is 12.2. The van der Waals surface area contributed by atoms with Crippen LogP contribution in [0, 0.1) is 5.82 Å². The smallest absolute Gasteiger partial charge is 0.357 e. The molecule has 0 spiro atoms. The second-order valence-corrected chi connectivity index (χ2v) is 10.3. The summed E-state index contributed by atoms with van der Waals surface area (Å²) in [5.74, 6) is -2.95. The third-order valence-corrected chi connectivity index (χ3v) is 6.91. The van der Waals surface area contributed by atoms with E-state index in [1.165, 1.54) is 30.0 Å². The maximum absolute atomic E-state index is 13.1. The molecule has 0 fully saturated rings. The lowest BCUT2D eigenvalue weighted by Crippen LogP contribution is -2.37. The van der Waals surface area contributed by atoms with Crippen LogP contribution in [0.5, 0.6) is 0 Å². The van der Waals surface area contributed by atoms with Gasteiger partial charge in [-0.2, -0.15) is 0 Å². The zero-order chi connectivity index (χ0) is 30.6. The SMILES string of the molecule is COC(=O)c1csc(NC(=O)[C@@H](N)Cc2cccc(F)c2)n1.N[C@@H](Cc1ccccc1)C(=O)Nc1nc(C(=O)O)cs1. The molecule has 4 aromatic rings. The molecule has 2 aromatic carbocycles. The maximum Gasteiger partial charge on any atom is 0.357 e. The van der Waals surface area contributed by atoms with E-state index in [1.54, 1.807) is 12.1 Å². The number of anilines is 2. The van der Waals surface area contributed by atoms with Gasteiger partial charge in [-0.15, -0.1) is 22.7 Å². The fourth-order valence-electron chi connectivity index (χ4n) is 3.33. The standard InChI is InChI=1S/C14H14FN3O3S.C13H13N3O3S/c1-21-13(20)11-7-22-14(17-11)18-12(19)10(16)6-8-3-2-4-9(15)5-8;14-9(6-8-4-2-1-3-5-8)11(17)16-13-15-10(7-20-13)12(18)19/h2-5,7,10H,6,16H2,1H3,(H,17,18,19);1-5,7,9H,6,14H2,(H,18,19)(H,15,16,17)/t10-;9-/m00/s1. The molecule has 0 bridgehead atoms. The number of hydrogen-bond donors (Lipinski definition) is 5. The Kier molecular flexibility index (Phi) is 11.7. The summed E-state index contributed by atoms with van der Waals surface area (Å²) < 4.78 is 17.6. The highest BCUT2D eigenvalue weighted by atomic mass is 32.1. The van der Waals surface area contributed by atoms with Gasteiger partial charge in [0.1, 0.15) is 5.82 Å². The number of nitrogens with two attached hydrogens (primary N) is 2. The van der Waals surface area contributed by atoms with Gasteiger partial charge in [-0.25, -0.2) is 23.9 Å². The minimum atomic E-state index is -1.13. The van der Waals surface area contributed by atoms with Crippen molar-refractivity contribution < 1.29 is 33.4 Å². The normalized spacial score (nSPS) is 11.8. The number of hydrogen-bond acceptors (Lipinski definition) is 11. The van der Waals surface area contributed by atoms with Gasteiger partial charge >= 0.3 is 11.9 Å². The van der Waals surface area contributed by atoms with Crippen molar-refractivity contribution in [2.45, 2.75) is 24.9 Å². The van der Waals surface area contributed by atoms with Crippen molar-refractivity contribution in [3.63, 3.8) is 0 Å². The lowest BCUT2D eigenvalue weighted by atomic mass is 10.1. The monoisotopic (exact) mass is 614 g/mol. The van der Waals surface area contributed by atoms with E-state index in [9.17, 15) is 23.6 Å². The fraction of sp³-hybridized carbons (Fsp3) is 0.185. The highest BCUT2D eigenvalue weighted by molar-refractivity contribution is 7.14. The number of amides is 2. The second kappa shape index (κ2) is 15.4. The van der Waals surface area contributed by atoms with Crippen LogP contribution in [0.1, 0.15) is 32.1 Å². The topological polar surface area (TPSA) is 200 Å². The van der Waals surface area contributed by atoms with E-state index in [2.05, 4.69) is 25.3 Å². The first-order valence-corrected chi connectivity index (χ1v) is 14.0. The number of methoxy groups -OCH3 is 1. The molecule has 0 aliphatic carbocycles. The van der Waals surface area contributed by atoms with Gasteiger partial charge in [0.15, 0.2) is 21.7 Å². The number of carboxylic acids is 1. The molecule has 0 aliphatic heterocycles. The summed E-state index contributed by atoms with van der Waals surface area (Å²) in [5.41, 5.74) is 13.2. The van der Waals surface area contributed by atoms with E-state index in [4.69, 9.17) is 16.6 Å². The third kappa shape index (κ3) is 9.81. The van der Waals surface area contributed by atoms with Crippen molar-refractivity contribution in [1.82, 2.24) is 9.97 Å². The van der Waals surface area contributed by atoms with E-state index in [-0.39, 0.29) is 39.8 Å². The van der Waals surface area contributed by atoms with Gasteiger partial charge in [-0.05, 0) is 36.1 Å². The number of benzene rings is 2.